The Kier molecular flexibility index (Phi) is 3.42. The molecule has 6 heteroatoms. The van der Waals surface area contributed by atoms with Crippen LogP contribution in [0.3, 0.4) is 0 Å². The number of nitrogens with zero attached hydrogens (tertiary/aromatic N) is 2. The van der Waals surface area contributed by atoms with Crippen molar-refractivity contribution in [2.45, 2.75) is 19.4 Å². The summed E-state index contributed by atoms with van der Waals surface area (Å²) < 4.78 is 19.2. The molecule has 1 aromatic heterocycles. The fourth-order valence-electron chi connectivity index (χ4n) is 3.20. The van der Waals surface area contributed by atoms with E-state index in [0.717, 1.165) is 11.4 Å². The minimum Gasteiger partial charge on any atom is -0.377 e. The Labute approximate surface area is 121 Å². The van der Waals surface area contributed by atoms with Crippen molar-refractivity contribution in [2.24, 2.45) is 5.41 Å². The van der Waals surface area contributed by atoms with Gasteiger partial charge in [-0.2, -0.15) is 0 Å². The number of hydrogen-bond donors (Lipinski definition) is 0. The first-order valence-corrected chi connectivity index (χ1v) is 7.02. The average molecular weight is 299 g/mol. The van der Waals surface area contributed by atoms with Crippen molar-refractivity contribution in [1.82, 2.24) is 4.98 Å². The first kappa shape index (κ1) is 13.8. The van der Waals surface area contributed by atoms with E-state index in [-0.39, 0.29) is 11.8 Å². The number of ketones is 1. The molecule has 20 heavy (non-hydrogen) atoms. The fourth-order valence-corrected chi connectivity index (χ4v) is 3.35. The first-order valence-electron chi connectivity index (χ1n) is 6.64. The van der Waals surface area contributed by atoms with Gasteiger partial charge in [-0.1, -0.05) is 11.6 Å². The number of ether oxygens (including phenoxy) is 1. The Morgan fingerprint density at radius 3 is 3.20 bits per heavy atom. The van der Waals surface area contributed by atoms with Crippen molar-refractivity contribution < 1.29 is 13.9 Å². The molecule has 1 fully saturated rings. The minimum absolute atomic E-state index is 0.150. The zero-order chi connectivity index (χ0) is 14.3. The first-order chi connectivity index (χ1) is 9.58. The molecule has 3 rings (SSSR count). The van der Waals surface area contributed by atoms with Crippen LogP contribution in [0.1, 0.15) is 12.6 Å². The smallest absolute Gasteiger partial charge is 0.141 e. The van der Waals surface area contributed by atoms with E-state index < -0.39 is 12.1 Å². The van der Waals surface area contributed by atoms with Gasteiger partial charge >= 0.3 is 0 Å². The second-order valence-electron chi connectivity index (χ2n) is 5.43. The van der Waals surface area contributed by atoms with Crippen LogP contribution >= 0.6 is 11.6 Å². The molecule has 0 N–H and O–H groups in total. The molecule has 3 heterocycles. The number of hydrogen-bond acceptors (Lipinski definition) is 4. The van der Waals surface area contributed by atoms with Gasteiger partial charge in [-0.3, -0.25) is 9.78 Å². The highest BCUT2D eigenvalue weighted by Crippen LogP contribution is 2.43. The number of rotatable bonds is 2. The molecule has 0 aromatic carbocycles. The van der Waals surface area contributed by atoms with Crippen molar-refractivity contribution in [3.63, 3.8) is 0 Å². The highest BCUT2D eigenvalue weighted by molar-refractivity contribution is 6.30. The summed E-state index contributed by atoms with van der Waals surface area (Å²) in [6, 6.07) is 1.55. The summed E-state index contributed by atoms with van der Waals surface area (Å²) >= 11 is 6.01. The van der Waals surface area contributed by atoms with Crippen LogP contribution in [0.4, 0.5) is 10.1 Å². The van der Waals surface area contributed by atoms with Gasteiger partial charge in [0, 0.05) is 19.2 Å². The molecule has 2 aliphatic rings. The zero-order valence-corrected chi connectivity index (χ0v) is 12.0. The van der Waals surface area contributed by atoms with Gasteiger partial charge in [-0.15, -0.1) is 0 Å². The summed E-state index contributed by atoms with van der Waals surface area (Å²) in [5.41, 5.74) is 0.574. The average Bonchev–Trinajstić information content (AvgIpc) is 2.46. The van der Waals surface area contributed by atoms with Gasteiger partial charge in [-0.05, 0) is 13.0 Å². The van der Waals surface area contributed by atoms with E-state index in [1.807, 2.05) is 11.0 Å². The Morgan fingerprint density at radius 1 is 1.70 bits per heavy atom. The summed E-state index contributed by atoms with van der Waals surface area (Å²) in [5, 5.41) is 0.546. The third kappa shape index (κ3) is 1.91. The number of fused-ring (bicyclic) bond motifs is 3. The van der Waals surface area contributed by atoms with Crippen LogP contribution in [0.2, 0.25) is 5.02 Å². The van der Waals surface area contributed by atoms with Crippen LogP contribution in [0, 0.1) is 5.41 Å². The number of carbonyl (C=O) groups is 1. The third-order valence-corrected chi connectivity index (χ3v) is 4.62. The number of carbonyl (C=O) groups excluding carboxylic acids is 1. The van der Waals surface area contributed by atoms with Crippen molar-refractivity contribution in [1.29, 1.82) is 0 Å². The number of pyridine rings is 1. The zero-order valence-electron chi connectivity index (χ0n) is 11.2. The van der Waals surface area contributed by atoms with E-state index in [0.29, 0.717) is 31.2 Å². The predicted octanol–water partition coefficient (Wildman–Crippen LogP) is 2.04. The quantitative estimate of drug-likeness (QED) is 0.838. The summed E-state index contributed by atoms with van der Waals surface area (Å²) in [5.74, 6) is -0.150. The monoisotopic (exact) mass is 298 g/mol. The van der Waals surface area contributed by atoms with Crippen LogP contribution in [0.15, 0.2) is 12.3 Å². The van der Waals surface area contributed by atoms with E-state index in [9.17, 15) is 9.18 Å². The third-order valence-electron chi connectivity index (χ3n) is 4.41. The molecular formula is C14H16ClFN2O2. The molecule has 2 aliphatic heterocycles. The summed E-state index contributed by atoms with van der Waals surface area (Å²) in [6.07, 6.45) is 1.85. The Hall–Kier alpha value is -1.20. The van der Waals surface area contributed by atoms with E-state index >= 15 is 0 Å². The molecule has 0 saturated carbocycles. The molecule has 2 atom stereocenters. The standard InChI is InChI=1S/C14H16ClFN2O2/c1-9(19)14(8-16)5-11-12(4-10(15)6-17-11)18-2-3-20-7-13(14)18/h4,6,13H,2-3,5,7-8H2,1H3. The normalized spacial score (nSPS) is 28.8. The molecular weight excluding hydrogens is 283 g/mol. The van der Waals surface area contributed by atoms with E-state index in [1.54, 1.807) is 6.20 Å². The maximum atomic E-state index is 13.8. The van der Waals surface area contributed by atoms with Crippen molar-refractivity contribution in [3.05, 3.63) is 23.0 Å². The lowest BCUT2D eigenvalue weighted by Crippen LogP contribution is -2.62. The maximum Gasteiger partial charge on any atom is 0.141 e. The van der Waals surface area contributed by atoms with E-state index in [4.69, 9.17) is 16.3 Å². The summed E-state index contributed by atoms with van der Waals surface area (Å²) in [4.78, 5) is 18.4. The van der Waals surface area contributed by atoms with Crippen LogP contribution < -0.4 is 4.90 Å². The number of halogens is 2. The Balaban J connectivity index is 2.14. The largest absolute Gasteiger partial charge is 0.377 e. The molecule has 0 radical (unpaired) electrons. The summed E-state index contributed by atoms with van der Waals surface area (Å²) in [6.45, 7) is 2.29. The van der Waals surface area contributed by atoms with Crippen LogP contribution in [0.5, 0.6) is 0 Å². The highest BCUT2D eigenvalue weighted by Gasteiger charge is 2.51. The van der Waals surface area contributed by atoms with Crippen LogP contribution in [0.25, 0.3) is 0 Å². The number of Topliss-reactive ketones (excluding diaryl/α,β-unsaturated/α-hetero) is 1. The molecule has 4 nitrogen and oxygen atoms in total. The van der Waals surface area contributed by atoms with Gasteiger partial charge in [-0.25, -0.2) is 4.39 Å². The van der Waals surface area contributed by atoms with E-state index in [2.05, 4.69) is 4.98 Å². The molecule has 0 amide bonds. The van der Waals surface area contributed by atoms with Crippen molar-refractivity contribution >= 4 is 23.1 Å². The predicted molar refractivity (Wildman–Crippen MR) is 74.0 cm³/mol. The lowest BCUT2D eigenvalue weighted by atomic mass is 9.70. The lowest BCUT2D eigenvalue weighted by molar-refractivity contribution is -0.131. The molecule has 2 unspecified atom stereocenters. The second-order valence-corrected chi connectivity index (χ2v) is 5.86. The summed E-state index contributed by atoms with van der Waals surface area (Å²) in [7, 11) is 0. The van der Waals surface area contributed by atoms with Gasteiger partial charge in [0.2, 0.25) is 0 Å². The fraction of sp³-hybridized carbons (Fsp3) is 0.571. The molecule has 1 saturated heterocycles. The van der Waals surface area contributed by atoms with Gasteiger partial charge in [0.1, 0.15) is 12.5 Å². The topological polar surface area (TPSA) is 42.4 Å². The van der Waals surface area contributed by atoms with Gasteiger partial charge in [0.15, 0.2) is 0 Å². The molecule has 1 aromatic rings. The minimum atomic E-state index is -1.06. The van der Waals surface area contributed by atoms with Crippen LogP contribution in [-0.4, -0.2) is 43.2 Å². The lowest BCUT2D eigenvalue weighted by Gasteiger charge is -2.50. The van der Waals surface area contributed by atoms with Crippen molar-refractivity contribution in [3.8, 4) is 0 Å². The van der Waals surface area contributed by atoms with Gasteiger partial charge in [0.05, 0.1) is 41.1 Å². The SMILES string of the molecule is CC(=O)C1(CF)Cc2ncc(Cl)cc2N2CCOCC21. The number of aromatic nitrogens is 1. The molecule has 0 spiro atoms. The van der Waals surface area contributed by atoms with Crippen LogP contribution in [-0.2, 0) is 16.0 Å². The Morgan fingerprint density at radius 2 is 2.50 bits per heavy atom. The van der Waals surface area contributed by atoms with E-state index in [1.165, 1.54) is 6.92 Å². The molecule has 108 valence electrons. The second kappa shape index (κ2) is 4.97. The molecule has 0 bridgehead atoms. The maximum absolute atomic E-state index is 13.8. The number of anilines is 1. The van der Waals surface area contributed by atoms with Gasteiger partial charge < -0.3 is 9.64 Å². The van der Waals surface area contributed by atoms with Crippen molar-refractivity contribution in [2.75, 3.05) is 31.3 Å². The molecule has 0 aliphatic carbocycles. The number of alkyl halides is 1. The van der Waals surface area contributed by atoms with Gasteiger partial charge in [0.25, 0.3) is 0 Å². The highest BCUT2D eigenvalue weighted by atomic mass is 35.5. The Bertz CT molecular complexity index is 554. The number of morpholine rings is 1.